The molecule has 2 rings (SSSR count). The zero-order valence-electron chi connectivity index (χ0n) is 8.90. The summed E-state index contributed by atoms with van der Waals surface area (Å²) in [5, 5.41) is 9.28. The van der Waals surface area contributed by atoms with Gasteiger partial charge in [0.05, 0.1) is 16.9 Å². The Bertz CT molecular complexity index is 613. The molecule has 0 radical (unpaired) electrons. The highest BCUT2D eigenvalue weighted by Crippen LogP contribution is 2.33. The summed E-state index contributed by atoms with van der Waals surface area (Å²) in [6.07, 6.45) is -1.41. The summed E-state index contributed by atoms with van der Waals surface area (Å²) in [4.78, 5) is 14.8. The minimum absolute atomic E-state index is 0.0862. The number of fused-ring (bicyclic) bond motifs is 1. The minimum atomic E-state index is -1.41. The maximum absolute atomic E-state index is 10.6. The number of pyridine rings is 1. The number of rotatable bonds is 1. The Kier molecular flexibility index (Phi) is 2.89. The van der Waals surface area contributed by atoms with Gasteiger partial charge in [-0.15, -0.1) is 0 Å². The summed E-state index contributed by atoms with van der Waals surface area (Å²) in [6.45, 7) is 1.65. The first kappa shape index (κ1) is 11.7. The molecular formula is C11H9BrN2O3. The smallest absolute Gasteiger partial charge is 0.449 e. The highest BCUT2D eigenvalue weighted by Gasteiger charge is 2.14. The lowest BCUT2D eigenvalue weighted by molar-refractivity contribution is 0.144. The van der Waals surface area contributed by atoms with Crippen LogP contribution in [0.15, 0.2) is 22.7 Å². The number of nitrogens with zero attached hydrogens (tertiary/aromatic N) is 1. The molecule has 6 heteroatoms. The average Bonchev–Trinajstić information content (AvgIpc) is 2.25. The summed E-state index contributed by atoms with van der Waals surface area (Å²) in [7, 11) is 0. The van der Waals surface area contributed by atoms with Gasteiger partial charge in [-0.05, 0) is 25.1 Å². The number of hydrogen-bond acceptors (Lipinski definition) is 4. The summed E-state index contributed by atoms with van der Waals surface area (Å²) in [6, 6.07) is 5.41. The number of nitrogens with two attached hydrogens (primary N) is 1. The fraction of sp³-hybridized carbons (Fsp3) is 0.0909. The van der Waals surface area contributed by atoms with Crippen LogP contribution in [0, 0.1) is 6.92 Å². The molecule has 17 heavy (non-hydrogen) atoms. The van der Waals surface area contributed by atoms with E-state index in [1.165, 1.54) is 0 Å². The van der Waals surface area contributed by atoms with Crippen molar-refractivity contribution in [1.82, 2.24) is 4.98 Å². The molecule has 88 valence electrons. The van der Waals surface area contributed by atoms with E-state index in [4.69, 9.17) is 10.8 Å². The highest BCUT2D eigenvalue weighted by molar-refractivity contribution is 9.10. The van der Waals surface area contributed by atoms with Gasteiger partial charge < -0.3 is 15.6 Å². The van der Waals surface area contributed by atoms with E-state index in [-0.39, 0.29) is 11.4 Å². The van der Waals surface area contributed by atoms with Crippen molar-refractivity contribution >= 4 is 38.7 Å². The maximum atomic E-state index is 10.6. The number of anilines is 1. The molecule has 1 aromatic carbocycles. The molecule has 0 atom stereocenters. The summed E-state index contributed by atoms with van der Waals surface area (Å²) in [5.41, 5.74) is 7.30. The van der Waals surface area contributed by atoms with Crippen LogP contribution in [-0.4, -0.2) is 16.2 Å². The van der Waals surface area contributed by atoms with Gasteiger partial charge in [-0.2, -0.15) is 0 Å². The number of carbonyl (C=O) groups is 1. The Balaban J connectivity index is 2.73. The zero-order valence-corrected chi connectivity index (χ0v) is 10.5. The van der Waals surface area contributed by atoms with Crippen LogP contribution in [0.5, 0.6) is 5.75 Å². The fourth-order valence-electron chi connectivity index (χ4n) is 1.59. The van der Waals surface area contributed by atoms with Gasteiger partial charge in [0.15, 0.2) is 5.75 Å². The van der Waals surface area contributed by atoms with E-state index in [2.05, 4.69) is 25.7 Å². The number of benzene rings is 1. The molecule has 0 unspecified atom stereocenters. The number of hydrogen-bond donors (Lipinski definition) is 2. The number of aromatic nitrogens is 1. The van der Waals surface area contributed by atoms with Gasteiger partial charge in [-0.1, -0.05) is 15.9 Å². The summed E-state index contributed by atoms with van der Waals surface area (Å²) in [5.74, 6) is 0.0862. The van der Waals surface area contributed by atoms with Crippen LogP contribution in [-0.2, 0) is 0 Å². The van der Waals surface area contributed by atoms with Crippen molar-refractivity contribution in [3.63, 3.8) is 0 Å². The van der Waals surface area contributed by atoms with E-state index in [1.54, 1.807) is 19.1 Å². The lowest BCUT2D eigenvalue weighted by Gasteiger charge is -2.10. The molecule has 2 aromatic rings. The molecule has 0 saturated heterocycles. The standard InChI is InChI=1S/C11H9BrN2O3/c1-5-10(17-11(15)16)9(13)7-4-6(12)2-3-8(7)14-5/h2-4H,1H3,(H2,13,14)(H,15,16). The molecule has 0 amide bonds. The Hall–Kier alpha value is -1.82. The highest BCUT2D eigenvalue weighted by atomic mass is 79.9. The molecule has 3 N–H and O–H groups in total. The predicted octanol–water partition coefficient (Wildman–Crippen LogP) is 2.94. The number of carboxylic acid groups (broad SMARTS) is 1. The van der Waals surface area contributed by atoms with Crippen molar-refractivity contribution in [3.05, 3.63) is 28.4 Å². The van der Waals surface area contributed by atoms with Gasteiger partial charge in [-0.25, -0.2) is 9.78 Å². The van der Waals surface area contributed by atoms with E-state index in [1.807, 2.05) is 6.07 Å². The van der Waals surface area contributed by atoms with E-state index in [0.29, 0.717) is 16.6 Å². The van der Waals surface area contributed by atoms with Crippen molar-refractivity contribution in [1.29, 1.82) is 0 Å². The van der Waals surface area contributed by atoms with Crippen molar-refractivity contribution in [2.75, 3.05) is 5.73 Å². The topological polar surface area (TPSA) is 85.4 Å². The largest absolute Gasteiger partial charge is 0.511 e. The number of aryl methyl sites for hydroxylation is 1. The first-order chi connectivity index (χ1) is 7.99. The number of ether oxygens (including phenoxy) is 1. The molecule has 5 nitrogen and oxygen atoms in total. The number of halogens is 1. The van der Waals surface area contributed by atoms with Crippen LogP contribution in [0.3, 0.4) is 0 Å². The molecule has 0 fully saturated rings. The Labute approximate surface area is 105 Å². The van der Waals surface area contributed by atoms with Crippen molar-refractivity contribution in [2.24, 2.45) is 0 Å². The van der Waals surface area contributed by atoms with Crippen LogP contribution in [0.1, 0.15) is 5.69 Å². The third kappa shape index (κ3) is 2.16. The van der Waals surface area contributed by atoms with Crippen LogP contribution in [0.25, 0.3) is 10.9 Å². The van der Waals surface area contributed by atoms with Crippen LogP contribution in [0.2, 0.25) is 0 Å². The second-order valence-corrected chi connectivity index (χ2v) is 4.39. The molecule has 1 aromatic heterocycles. The SMILES string of the molecule is Cc1nc2ccc(Br)cc2c(N)c1OC(=O)O. The normalized spacial score (nSPS) is 10.5. The fourth-order valence-corrected chi connectivity index (χ4v) is 1.95. The van der Waals surface area contributed by atoms with Gasteiger partial charge in [0.2, 0.25) is 0 Å². The monoisotopic (exact) mass is 296 g/mol. The van der Waals surface area contributed by atoms with Crippen molar-refractivity contribution < 1.29 is 14.6 Å². The first-order valence-corrected chi connectivity index (χ1v) is 5.54. The van der Waals surface area contributed by atoms with Crippen molar-refractivity contribution in [3.8, 4) is 5.75 Å². The van der Waals surface area contributed by atoms with E-state index in [0.717, 1.165) is 4.47 Å². The van der Waals surface area contributed by atoms with Crippen LogP contribution < -0.4 is 10.5 Å². The summed E-state index contributed by atoms with van der Waals surface area (Å²) >= 11 is 3.32. The molecule has 1 heterocycles. The lowest BCUT2D eigenvalue weighted by Crippen LogP contribution is -2.08. The second kappa shape index (κ2) is 4.21. The second-order valence-electron chi connectivity index (χ2n) is 3.47. The molecule has 0 bridgehead atoms. The zero-order chi connectivity index (χ0) is 12.6. The Morgan fingerprint density at radius 2 is 2.24 bits per heavy atom. The van der Waals surface area contributed by atoms with E-state index < -0.39 is 6.16 Å². The molecule has 0 spiro atoms. The molecule has 0 aliphatic rings. The first-order valence-electron chi connectivity index (χ1n) is 4.75. The van der Waals surface area contributed by atoms with E-state index in [9.17, 15) is 4.79 Å². The van der Waals surface area contributed by atoms with Gasteiger partial charge in [0.1, 0.15) is 0 Å². The van der Waals surface area contributed by atoms with Gasteiger partial charge >= 0.3 is 6.16 Å². The van der Waals surface area contributed by atoms with Crippen LogP contribution in [0.4, 0.5) is 10.5 Å². The third-order valence-electron chi connectivity index (χ3n) is 2.30. The Morgan fingerprint density at radius 1 is 1.53 bits per heavy atom. The minimum Gasteiger partial charge on any atom is -0.449 e. The quantitative estimate of drug-likeness (QED) is 0.790. The molecule has 0 aliphatic heterocycles. The average molecular weight is 297 g/mol. The molecule has 0 saturated carbocycles. The molecular weight excluding hydrogens is 288 g/mol. The van der Waals surface area contributed by atoms with Crippen LogP contribution >= 0.6 is 15.9 Å². The lowest BCUT2D eigenvalue weighted by atomic mass is 10.1. The van der Waals surface area contributed by atoms with E-state index >= 15 is 0 Å². The predicted molar refractivity (Wildman–Crippen MR) is 67.2 cm³/mol. The number of nitrogen functional groups attached to an aromatic ring is 1. The van der Waals surface area contributed by atoms with Crippen molar-refractivity contribution in [2.45, 2.75) is 6.92 Å². The van der Waals surface area contributed by atoms with Gasteiger partial charge in [0, 0.05) is 9.86 Å². The van der Waals surface area contributed by atoms with Gasteiger partial charge in [-0.3, -0.25) is 0 Å². The summed E-state index contributed by atoms with van der Waals surface area (Å²) < 4.78 is 5.47. The third-order valence-corrected chi connectivity index (χ3v) is 2.79. The van der Waals surface area contributed by atoms with Gasteiger partial charge in [0.25, 0.3) is 0 Å². The maximum Gasteiger partial charge on any atom is 0.511 e. The Morgan fingerprint density at radius 3 is 2.88 bits per heavy atom. The molecule has 0 aliphatic carbocycles.